The first-order valence-corrected chi connectivity index (χ1v) is 6.91. The molecule has 0 fully saturated rings. The summed E-state index contributed by atoms with van der Waals surface area (Å²) in [5.41, 5.74) is 0.977. The van der Waals surface area contributed by atoms with Crippen LogP contribution in [-0.2, 0) is 10.0 Å². The van der Waals surface area contributed by atoms with E-state index in [1.54, 1.807) is 19.1 Å². The molecular weight excluding hydrogens is 274 g/mol. The molecular formula is C11H10ClN3O2S. The summed E-state index contributed by atoms with van der Waals surface area (Å²) in [6.07, 6.45) is 4.28. The summed E-state index contributed by atoms with van der Waals surface area (Å²) in [6, 6.07) is 4.67. The molecule has 0 spiro atoms. The van der Waals surface area contributed by atoms with Gasteiger partial charge in [0.15, 0.2) is 5.15 Å². The van der Waals surface area contributed by atoms with Gasteiger partial charge in [-0.1, -0.05) is 11.6 Å². The Labute approximate surface area is 110 Å². The van der Waals surface area contributed by atoms with Gasteiger partial charge in [-0.15, -0.1) is 0 Å². The third-order valence-electron chi connectivity index (χ3n) is 2.29. The van der Waals surface area contributed by atoms with Crippen LogP contribution in [0, 0.1) is 6.92 Å². The van der Waals surface area contributed by atoms with E-state index < -0.39 is 10.0 Å². The average molecular weight is 284 g/mol. The first kappa shape index (κ1) is 12.8. The summed E-state index contributed by atoms with van der Waals surface area (Å²) < 4.78 is 26.5. The minimum Gasteiger partial charge on any atom is -0.276 e. The highest BCUT2D eigenvalue weighted by Gasteiger charge is 2.17. The molecule has 0 unspecified atom stereocenters. The first-order chi connectivity index (χ1) is 8.50. The van der Waals surface area contributed by atoms with E-state index in [0.717, 1.165) is 0 Å². The molecule has 0 bridgehead atoms. The Hall–Kier alpha value is -1.66. The highest BCUT2D eigenvalue weighted by atomic mass is 35.5. The fourth-order valence-electron chi connectivity index (χ4n) is 1.35. The molecule has 2 aromatic rings. The first-order valence-electron chi connectivity index (χ1n) is 5.04. The molecule has 2 rings (SSSR count). The maximum absolute atomic E-state index is 12.1. The van der Waals surface area contributed by atoms with Gasteiger partial charge in [-0.05, 0) is 30.7 Å². The number of aromatic nitrogens is 2. The lowest BCUT2D eigenvalue weighted by molar-refractivity contribution is 0.600. The summed E-state index contributed by atoms with van der Waals surface area (Å²) >= 11 is 5.87. The second kappa shape index (κ2) is 4.91. The molecule has 2 heterocycles. The zero-order valence-corrected chi connectivity index (χ0v) is 11.0. The monoisotopic (exact) mass is 283 g/mol. The Kier molecular flexibility index (Phi) is 3.49. The minimum atomic E-state index is -3.70. The van der Waals surface area contributed by atoms with Crippen LogP contribution in [0.2, 0.25) is 5.15 Å². The highest BCUT2D eigenvalue weighted by Crippen LogP contribution is 2.25. The number of sulfonamides is 1. The third-order valence-corrected chi connectivity index (χ3v) is 3.92. The molecule has 1 N–H and O–H groups in total. The van der Waals surface area contributed by atoms with E-state index in [1.807, 2.05) is 0 Å². The van der Waals surface area contributed by atoms with Crippen molar-refractivity contribution in [1.82, 2.24) is 9.97 Å². The van der Waals surface area contributed by atoms with Crippen molar-refractivity contribution >= 4 is 27.3 Å². The van der Waals surface area contributed by atoms with Crippen LogP contribution in [-0.4, -0.2) is 18.4 Å². The fraction of sp³-hybridized carbons (Fsp3) is 0.0909. The van der Waals surface area contributed by atoms with Gasteiger partial charge in [0, 0.05) is 18.6 Å². The van der Waals surface area contributed by atoms with Gasteiger partial charge in [-0.2, -0.15) is 0 Å². The summed E-state index contributed by atoms with van der Waals surface area (Å²) in [5, 5.41) is 0.113. The van der Waals surface area contributed by atoms with Gasteiger partial charge in [-0.25, -0.2) is 13.4 Å². The van der Waals surface area contributed by atoms with Gasteiger partial charge >= 0.3 is 0 Å². The minimum absolute atomic E-state index is 0.0734. The molecule has 0 saturated carbocycles. The highest BCUT2D eigenvalue weighted by molar-refractivity contribution is 7.92. The largest absolute Gasteiger partial charge is 0.276 e. The number of nitrogens with one attached hydrogen (secondary N) is 1. The number of rotatable bonds is 3. The number of hydrogen-bond acceptors (Lipinski definition) is 4. The Morgan fingerprint density at radius 3 is 2.67 bits per heavy atom. The van der Waals surface area contributed by atoms with Crippen LogP contribution >= 0.6 is 11.6 Å². The molecule has 18 heavy (non-hydrogen) atoms. The summed E-state index contributed by atoms with van der Waals surface area (Å²) in [5.74, 6) is 0. The molecule has 0 amide bonds. The second-order valence-corrected chi connectivity index (χ2v) is 5.63. The third kappa shape index (κ3) is 2.60. The number of pyridine rings is 2. The molecule has 5 nitrogen and oxygen atoms in total. The topological polar surface area (TPSA) is 72.0 Å². The predicted octanol–water partition coefficient (Wildman–Crippen LogP) is 2.24. The van der Waals surface area contributed by atoms with E-state index in [2.05, 4.69) is 14.7 Å². The maximum Gasteiger partial charge on any atom is 0.263 e. The molecule has 2 aromatic heterocycles. The zero-order chi connectivity index (χ0) is 13.2. The Morgan fingerprint density at radius 1 is 1.28 bits per heavy atom. The lowest BCUT2D eigenvalue weighted by Gasteiger charge is -2.10. The van der Waals surface area contributed by atoms with E-state index in [4.69, 9.17) is 11.6 Å². The van der Waals surface area contributed by atoms with Crippen LogP contribution in [0.5, 0.6) is 0 Å². The normalized spacial score (nSPS) is 11.2. The molecule has 0 radical (unpaired) electrons. The van der Waals surface area contributed by atoms with Crippen molar-refractivity contribution in [1.29, 1.82) is 0 Å². The smallest absolute Gasteiger partial charge is 0.263 e. The van der Waals surface area contributed by atoms with Gasteiger partial charge in [-0.3, -0.25) is 9.71 Å². The van der Waals surface area contributed by atoms with Crippen LogP contribution in [0.15, 0.2) is 41.7 Å². The Balaban J connectivity index is 2.41. The lowest BCUT2D eigenvalue weighted by Crippen LogP contribution is -2.14. The van der Waals surface area contributed by atoms with Gasteiger partial charge in [0.25, 0.3) is 10.0 Å². The summed E-state index contributed by atoms with van der Waals surface area (Å²) in [4.78, 5) is 7.68. The van der Waals surface area contributed by atoms with Crippen molar-refractivity contribution in [3.8, 4) is 0 Å². The lowest BCUT2D eigenvalue weighted by atomic mass is 10.3. The maximum atomic E-state index is 12.1. The van der Waals surface area contributed by atoms with E-state index in [1.165, 1.54) is 24.7 Å². The van der Waals surface area contributed by atoms with Crippen molar-refractivity contribution in [2.75, 3.05) is 4.72 Å². The SMILES string of the molecule is Cc1ccnc(Cl)c1NS(=O)(=O)c1cccnc1. The quantitative estimate of drug-likeness (QED) is 0.877. The van der Waals surface area contributed by atoms with Crippen molar-refractivity contribution in [3.63, 3.8) is 0 Å². The van der Waals surface area contributed by atoms with Crippen molar-refractivity contribution in [2.24, 2.45) is 0 Å². The second-order valence-electron chi connectivity index (χ2n) is 3.59. The number of anilines is 1. The Bertz CT molecular complexity index is 639. The van der Waals surface area contributed by atoms with E-state index in [-0.39, 0.29) is 15.7 Å². The van der Waals surface area contributed by atoms with E-state index >= 15 is 0 Å². The molecule has 0 aromatic carbocycles. The van der Waals surface area contributed by atoms with Crippen LogP contribution in [0.25, 0.3) is 0 Å². The summed E-state index contributed by atoms with van der Waals surface area (Å²) in [7, 11) is -3.70. The number of halogens is 1. The van der Waals surface area contributed by atoms with Gasteiger partial charge in [0.2, 0.25) is 0 Å². The number of nitrogens with zero attached hydrogens (tertiary/aromatic N) is 2. The number of aryl methyl sites for hydroxylation is 1. The van der Waals surface area contributed by atoms with Crippen molar-refractivity contribution in [2.45, 2.75) is 11.8 Å². The van der Waals surface area contributed by atoms with Crippen LogP contribution < -0.4 is 4.72 Å². The van der Waals surface area contributed by atoms with Gasteiger partial charge in [0.1, 0.15) is 4.90 Å². The van der Waals surface area contributed by atoms with Crippen LogP contribution in [0.4, 0.5) is 5.69 Å². The van der Waals surface area contributed by atoms with Gasteiger partial charge < -0.3 is 0 Å². The fourth-order valence-corrected chi connectivity index (χ4v) is 2.76. The average Bonchev–Trinajstić information content (AvgIpc) is 2.35. The molecule has 0 saturated heterocycles. The predicted molar refractivity (Wildman–Crippen MR) is 69.0 cm³/mol. The van der Waals surface area contributed by atoms with Gasteiger partial charge in [0.05, 0.1) is 5.69 Å². The van der Waals surface area contributed by atoms with E-state index in [9.17, 15) is 8.42 Å². The van der Waals surface area contributed by atoms with E-state index in [0.29, 0.717) is 5.56 Å². The molecule has 0 aliphatic heterocycles. The zero-order valence-electron chi connectivity index (χ0n) is 9.46. The summed E-state index contributed by atoms with van der Waals surface area (Å²) in [6.45, 7) is 1.74. The van der Waals surface area contributed by atoms with Crippen molar-refractivity contribution < 1.29 is 8.42 Å². The molecule has 0 aliphatic rings. The Morgan fingerprint density at radius 2 is 2.06 bits per heavy atom. The van der Waals surface area contributed by atoms with Crippen molar-refractivity contribution in [3.05, 3.63) is 47.5 Å². The molecule has 7 heteroatoms. The molecule has 94 valence electrons. The molecule has 0 atom stereocenters. The number of hydrogen-bond donors (Lipinski definition) is 1. The van der Waals surface area contributed by atoms with Crippen LogP contribution in [0.3, 0.4) is 0 Å². The standard InChI is InChI=1S/C11H10ClN3O2S/c1-8-4-6-14-11(12)10(8)15-18(16,17)9-3-2-5-13-7-9/h2-7,15H,1H3. The molecule has 0 aliphatic carbocycles. The van der Waals surface area contributed by atoms with Crippen LogP contribution in [0.1, 0.15) is 5.56 Å².